The van der Waals surface area contributed by atoms with Gasteiger partial charge in [-0.2, -0.15) is 0 Å². The lowest BCUT2D eigenvalue weighted by molar-refractivity contribution is -0.167. The molecule has 0 aromatic rings. The lowest BCUT2D eigenvalue weighted by atomic mass is 10.1. The number of rotatable bonds is 52. The van der Waals surface area contributed by atoms with Crippen LogP contribution in [0.4, 0.5) is 0 Å². The zero-order chi connectivity index (χ0) is 52.2. The summed E-state index contributed by atoms with van der Waals surface area (Å²) in [5.74, 6) is -0.950. The molecule has 0 rings (SSSR count). The molecule has 0 aliphatic carbocycles. The van der Waals surface area contributed by atoms with Crippen molar-refractivity contribution < 1.29 is 28.6 Å². The molecule has 6 heteroatoms. The predicted molar refractivity (Wildman–Crippen MR) is 311 cm³/mol. The molecular weight excluding hydrogens is 889 g/mol. The van der Waals surface area contributed by atoms with Crippen molar-refractivity contribution in [3.05, 3.63) is 122 Å². The summed E-state index contributed by atoms with van der Waals surface area (Å²) >= 11 is 0. The SMILES string of the molecule is CC/C=C\C/C=C\C/C=C\C/C=C\C/C=C\C/C=C\CCCCCCC(=O)OCC(COC(=O)CCCCCCC/C=C\CCC)OC(=O)CCCCCCCC/C=C\C/C=C\C/C=C\CCCCCCC. The van der Waals surface area contributed by atoms with E-state index in [-0.39, 0.29) is 31.1 Å². The largest absolute Gasteiger partial charge is 0.462 e. The van der Waals surface area contributed by atoms with Crippen molar-refractivity contribution in [2.24, 2.45) is 0 Å². The molecule has 6 nitrogen and oxygen atoms in total. The van der Waals surface area contributed by atoms with E-state index in [2.05, 4.69) is 142 Å². The Morgan fingerprint density at radius 2 is 0.569 bits per heavy atom. The highest BCUT2D eigenvalue weighted by Gasteiger charge is 2.19. The first kappa shape index (κ1) is 67.8. The number of ether oxygens (including phenoxy) is 3. The molecule has 0 radical (unpaired) electrons. The first-order valence-corrected chi connectivity index (χ1v) is 29.5. The van der Waals surface area contributed by atoms with Crippen molar-refractivity contribution in [2.45, 2.75) is 264 Å². The van der Waals surface area contributed by atoms with Gasteiger partial charge in [-0.15, -0.1) is 0 Å². The number of carbonyl (C=O) groups is 3. The Morgan fingerprint density at radius 1 is 0.292 bits per heavy atom. The molecule has 0 aromatic carbocycles. The van der Waals surface area contributed by atoms with Crippen molar-refractivity contribution in [1.82, 2.24) is 0 Å². The second-order valence-electron chi connectivity index (χ2n) is 19.2. The number of allylic oxidation sites excluding steroid dienone is 20. The molecule has 1 unspecified atom stereocenters. The van der Waals surface area contributed by atoms with Crippen LogP contribution in [0.2, 0.25) is 0 Å². The molecule has 0 spiro atoms. The van der Waals surface area contributed by atoms with E-state index >= 15 is 0 Å². The summed E-state index contributed by atoms with van der Waals surface area (Å²) in [6, 6.07) is 0. The monoisotopic (exact) mass is 997 g/mol. The second-order valence-corrected chi connectivity index (χ2v) is 19.2. The van der Waals surface area contributed by atoms with Crippen LogP contribution in [-0.2, 0) is 28.6 Å². The maximum absolute atomic E-state index is 12.9. The zero-order valence-electron chi connectivity index (χ0n) is 46.7. The predicted octanol–water partition coefficient (Wildman–Crippen LogP) is 20.0. The van der Waals surface area contributed by atoms with E-state index in [1.165, 1.54) is 64.2 Å². The quantitative estimate of drug-likeness (QED) is 0.0261. The highest BCUT2D eigenvalue weighted by Crippen LogP contribution is 2.14. The lowest BCUT2D eigenvalue weighted by Gasteiger charge is -2.18. The topological polar surface area (TPSA) is 78.9 Å². The van der Waals surface area contributed by atoms with E-state index in [0.29, 0.717) is 19.3 Å². The molecule has 0 N–H and O–H groups in total. The number of unbranched alkanes of at least 4 members (excludes halogenated alkanes) is 21. The summed E-state index contributed by atoms with van der Waals surface area (Å²) in [7, 11) is 0. The van der Waals surface area contributed by atoms with Gasteiger partial charge in [0, 0.05) is 19.3 Å². The summed E-state index contributed by atoms with van der Waals surface area (Å²) in [6.45, 7) is 6.41. The minimum Gasteiger partial charge on any atom is -0.462 e. The van der Waals surface area contributed by atoms with E-state index in [1.54, 1.807) is 0 Å². The van der Waals surface area contributed by atoms with Crippen LogP contribution in [0.15, 0.2) is 122 Å². The summed E-state index contributed by atoms with van der Waals surface area (Å²) in [6.07, 6.45) is 81.9. The fourth-order valence-corrected chi connectivity index (χ4v) is 7.75. The van der Waals surface area contributed by atoms with Gasteiger partial charge in [-0.1, -0.05) is 232 Å². The second kappa shape index (κ2) is 59.4. The average Bonchev–Trinajstić information content (AvgIpc) is 3.38. The van der Waals surface area contributed by atoms with Crippen molar-refractivity contribution in [2.75, 3.05) is 13.2 Å². The van der Waals surface area contributed by atoms with Crippen LogP contribution < -0.4 is 0 Å². The van der Waals surface area contributed by atoms with Gasteiger partial charge in [0.2, 0.25) is 0 Å². The highest BCUT2D eigenvalue weighted by molar-refractivity contribution is 5.71. The maximum atomic E-state index is 12.9. The van der Waals surface area contributed by atoms with Crippen molar-refractivity contribution >= 4 is 17.9 Å². The summed E-state index contributed by atoms with van der Waals surface area (Å²) in [5, 5.41) is 0. The van der Waals surface area contributed by atoms with E-state index < -0.39 is 6.10 Å². The van der Waals surface area contributed by atoms with Gasteiger partial charge in [0.15, 0.2) is 6.10 Å². The molecule has 0 bridgehead atoms. The van der Waals surface area contributed by atoms with Gasteiger partial charge in [0.25, 0.3) is 0 Å². The Morgan fingerprint density at radius 3 is 0.917 bits per heavy atom. The average molecular weight is 998 g/mol. The zero-order valence-corrected chi connectivity index (χ0v) is 46.7. The fourth-order valence-electron chi connectivity index (χ4n) is 7.75. The summed E-state index contributed by atoms with van der Waals surface area (Å²) in [4.78, 5) is 38.1. The first-order chi connectivity index (χ1) is 35.5. The molecule has 0 heterocycles. The molecule has 0 fully saturated rings. The van der Waals surface area contributed by atoms with Crippen molar-refractivity contribution in [1.29, 1.82) is 0 Å². The van der Waals surface area contributed by atoms with Crippen molar-refractivity contribution in [3.63, 3.8) is 0 Å². The van der Waals surface area contributed by atoms with Crippen LogP contribution in [-0.4, -0.2) is 37.2 Å². The van der Waals surface area contributed by atoms with Gasteiger partial charge >= 0.3 is 17.9 Å². The molecule has 0 aliphatic heterocycles. The molecule has 408 valence electrons. The van der Waals surface area contributed by atoms with Gasteiger partial charge in [0.05, 0.1) is 0 Å². The molecule has 0 aromatic heterocycles. The van der Waals surface area contributed by atoms with Gasteiger partial charge in [0.1, 0.15) is 13.2 Å². The summed E-state index contributed by atoms with van der Waals surface area (Å²) in [5.41, 5.74) is 0. The Balaban J connectivity index is 4.40. The first-order valence-electron chi connectivity index (χ1n) is 29.5. The van der Waals surface area contributed by atoms with E-state index in [1.807, 2.05) is 0 Å². The van der Waals surface area contributed by atoms with Crippen molar-refractivity contribution in [3.8, 4) is 0 Å². The fraction of sp³-hybridized carbons (Fsp3) is 0.652. The maximum Gasteiger partial charge on any atom is 0.306 e. The standard InChI is InChI=1S/C66H108O6/c1-4-7-10-13-16-19-22-24-26-28-30-32-33-35-36-38-40-42-44-47-50-53-56-59-65(68)71-62-63(61-70-64(67)58-55-52-49-46-21-18-15-12-9-6-3)72-66(69)60-57-54-51-48-45-43-41-39-37-34-31-29-27-25-23-20-17-14-11-8-5-2/h7,10,12,15-16,19,23-26,29-32,35-37,39-40,42,63H,4-6,8-9,11,13-14,17-18,20-22,27-28,33-34,38,41,43-62H2,1-3H3/b10-7-,15-12-,19-16-,25-23-,26-24-,31-29-,32-30-,36-35-,39-37-,42-40-. The minimum atomic E-state index is -0.803. The normalized spacial score (nSPS) is 13.0. The van der Waals surface area contributed by atoms with Crippen LogP contribution in [0.1, 0.15) is 258 Å². The molecule has 0 saturated heterocycles. The van der Waals surface area contributed by atoms with E-state index in [9.17, 15) is 14.4 Å². The highest BCUT2D eigenvalue weighted by atomic mass is 16.6. The number of hydrogen-bond acceptors (Lipinski definition) is 6. The van der Waals surface area contributed by atoms with Gasteiger partial charge < -0.3 is 14.2 Å². The third-order valence-corrected chi connectivity index (χ3v) is 12.2. The lowest BCUT2D eigenvalue weighted by Crippen LogP contribution is -2.30. The Hall–Kier alpha value is -4.19. The summed E-state index contributed by atoms with van der Waals surface area (Å²) < 4.78 is 16.8. The van der Waals surface area contributed by atoms with Crippen LogP contribution in [0.25, 0.3) is 0 Å². The van der Waals surface area contributed by atoms with E-state index in [4.69, 9.17) is 14.2 Å². The molecule has 0 amide bonds. The molecular formula is C66H108O6. The Kier molecular flexibility index (Phi) is 55.9. The van der Waals surface area contributed by atoms with Crippen LogP contribution in [0, 0.1) is 0 Å². The Labute approximate surface area is 443 Å². The third-order valence-electron chi connectivity index (χ3n) is 12.2. The Bertz CT molecular complexity index is 1520. The molecule has 0 aliphatic rings. The van der Waals surface area contributed by atoms with E-state index in [0.717, 1.165) is 154 Å². The van der Waals surface area contributed by atoms with Gasteiger partial charge in [-0.05, 0) is 128 Å². The number of hydrogen-bond donors (Lipinski definition) is 0. The van der Waals surface area contributed by atoms with Crippen LogP contribution in [0.3, 0.4) is 0 Å². The van der Waals surface area contributed by atoms with Gasteiger partial charge in [-0.25, -0.2) is 0 Å². The molecule has 1 atom stereocenters. The molecule has 0 saturated carbocycles. The third kappa shape index (κ3) is 56.7. The van der Waals surface area contributed by atoms with Crippen LogP contribution in [0.5, 0.6) is 0 Å². The smallest absolute Gasteiger partial charge is 0.306 e. The molecule has 72 heavy (non-hydrogen) atoms. The van der Waals surface area contributed by atoms with Gasteiger partial charge in [-0.3, -0.25) is 14.4 Å². The minimum absolute atomic E-state index is 0.0993. The number of carbonyl (C=O) groups excluding carboxylic acids is 3. The number of esters is 3. The van der Waals surface area contributed by atoms with Crippen LogP contribution >= 0.6 is 0 Å².